The Morgan fingerprint density at radius 1 is 1.12 bits per heavy atom. The van der Waals surface area contributed by atoms with Crippen LogP contribution >= 0.6 is 0 Å². The van der Waals surface area contributed by atoms with Crippen molar-refractivity contribution < 1.29 is 28.2 Å². The van der Waals surface area contributed by atoms with Crippen LogP contribution in [-0.2, 0) is 20.7 Å². The van der Waals surface area contributed by atoms with Crippen molar-refractivity contribution in [2.75, 3.05) is 13.7 Å². The van der Waals surface area contributed by atoms with E-state index in [0.29, 0.717) is 38.6 Å². The van der Waals surface area contributed by atoms with Crippen LogP contribution in [0.2, 0.25) is 0 Å². The van der Waals surface area contributed by atoms with Crippen molar-refractivity contribution in [1.82, 2.24) is 4.90 Å². The van der Waals surface area contributed by atoms with E-state index in [9.17, 15) is 23.5 Å². The fourth-order valence-corrected chi connectivity index (χ4v) is 4.70. The third-order valence-electron chi connectivity index (χ3n) is 6.93. The number of methoxy groups -OCH3 is 1. The largest absolute Gasteiger partial charge is 0.469 e. The lowest BCUT2D eigenvalue weighted by atomic mass is 9.92. The topological polar surface area (TPSA) is 66.8 Å². The van der Waals surface area contributed by atoms with Crippen LogP contribution in [0.3, 0.4) is 0 Å². The van der Waals surface area contributed by atoms with Gasteiger partial charge >= 0.3 is 11.9 Å². The van der Waals surface area contributed by atoms with Crippen LogP contribution in [0.25, 0.3) is 0 Å². The molecule has 1 aromatic carbocycles. The summed E-state index contributed by atoms with van der Waals surface area (Å²) in [4.78, 5) is 24.7. The molecule has 1 heterocycles. The highest BCUT2D eigenvalue weighted by molar-refractivity contribution is 5.86. The third kappa shape index (κ3) is 9.32. The number of carbonyl (C=O) groups excluding carboxylic acids is 2. The smallest absolute Gasteiger partial charge is 0.326 e. The van der Waals surface area contributed by atoms with Crippen LogP contribution in [0.15, 0.2) is 30.3 Å². The number of aliphatic hydroxyl groups excluding tert-OH is 1. The number of alkyl halides is 2. The first kappa shape index (κ1) is 28.2. The molecule has 0 spiro atoms. The lowest BCUT2D eigenvalue weighted by Gasteiger charge is -2.26. The number of aliphatic hydroxyl groups is 1. The summed E-state index contributed by atoms with van der Waals surface area (Å²) in [7, 11) is 1.35. The Kier molecular flexibility index (Phi) is 11.9. The summed E-state index contributed by atoms with van der Waals surface area (Å²) in [6.45, 7) is 2.30. The molecule has 3 atom stereocenters. The Labute approximate surface area is 202 Å². The van der Waals surface area contributed by atoms with Gasteiger partial charge in [0.15, 0.2) is 0 Å². The van der Waals surface area contributed by atoms with E-state index in [1.807, 2.05) is 25.1 Å². The highest BCUT2D eigenvalue weighted by atomic mass is 19.3. The number of hydrogen-bond donors (Lipinski definition) is 1. The standard InChI is InChI=1S/C27H41F2NO4/c1-21(12-9-10-15-22-13-6-5-7-14-22)24(31)18-17-23-20-27(28,29)26(33)30(23)19-11-4-3-8-16-25(32)34-2/h5-7,13-14,21,23-24,31H,3-4,8-12,15-20H2,1-2H3/t21-,23-,24+/m0/s1. The highest BCUT2D eigenvalue weighted by Crippen LogP contribution is 2.36. The number of esters is 1. The van der Waals surface area contributed by atoms with Gasteiger partial charge in [-0.05, 0) is 56.4 Å². The number of carbonyl (C=O) groups is 2. The number of nitrogens with zero attached hydrogens (tertiary/aromatic N) is 1. The molecule has 1 aliphatic heterocycles. The van der Waals surface area contributed by atoms with Gasteiger partial charge in [0.05, 0.1) is 13.2 Å². The second-order valence-corrected chi connectivity index (χ2v) is 9.65. The molecule has 5 nitrogen and oxygen atoms in total. The number of hydrogen-bond acceptors (Lipinski definition) is 4. The molecule has 0 aromatic heterocycles. The number of ether oxygens (including phenoxy) is 1. The Hall–Kier alpha value is -2.02. The van der Waals surface area contributed by atoms with Crippen LogP contribution < -0.4 is 0 Å². The minimum absolute atomic E-state index is 0.0941. The number of likely N-dealkylation sites (tertiary alicyclic amines) is 1. The van der Waals surface area contributed by atoms with Gasteiger partial charge in [-0.15, -0.1) is 0 Å². The van der Waals surface area contributed by atoms with Gasteiger partial charge in [0.1, 0.15) is 0 Å². The van der Waals surface area contributed by atoms with Gasteiger partial charge in [0.2, 0.25) is 0 Å². The van der Waals surface area contributed by atoms with Crippen LogP contribution in [0, 0.1) is 5.92 Å². The van der Waals surface area contributed by atoms with Crippen molar-refractivity contribution in [3.05, 3.63) is 35.9 Å². The monoisotopic (exact) mass is 481 g/mol. The van der Waals surface area contributed by atoms with Crippen LogP contribution in [-0.4, -0.2) is 53.6 Å². The number of unbranched alkanes of at least 4 members (excludes halogenated alkanes) is 4. The van der Waals surface area contributed by atoms with Crippen LogP contribution in [0.4, 0.5) is 8.78 Å². The van der Waals surface area contributed by atoms with Gasteiger partial charge in [-0.3, -0.25) is 9.59 Å². The number of benzene rings is 1. The molecule has 1 aromatic rings. The van der Waals surface area contributed by atoms with Gasteiger partial charge in [0, 0.05) is 25.4 Å². The van der Waals surface area contributed by atoms with E-state index in [-0.39, 0.29) is 11.9 Å². The van der Waals surface area contributed by atoms with E-state index in [4.69, 9.17) is 0 Å². The Morgan fingerprint density at radius 2 is 1.82 bits per heavy atom. The maximum Gasteiger partial charge on any atom is 0.326 e. The normalized spacial score (nSPS) is 19.3. The van der Waals surface area contributed by atoms with E-state index in [2.05, 4.69) is 16.9 Å². The third-order valence-corrected chi connectivity index (χ3v) is 6.93. The second kappa shape index (κ2) is 14.4. The molecule has 0 saturated carbocycles. The number of amides is 1. The molecule has 0 aliphatic carbocycles. The lowest BCUT2D eigenvalue weighted by Crippen LogP contribution is -2.37. The molecule has 1 saturated heterocycles. The SMILES string of the molecule is COC(=O)CCCCCCN1C(=O)C(F)(F)C[C@@H]1CC[C@@H](O)[C@@H](C)CCCCc1ccccc1. The number of rotatable bonds is 16. The number of halogens is 2. The van der Waals surface area contributed by atoms with Crippen molar-refractivity contribution in [2.45, 2.75) is 102 Å². The zero-order chi connectivity index (χ0) is 25.0. The van der Waals surface area contributed by atoms with Crippen LogP contribution in [0.5, 0.6) is 0 Å². The van der Waals surface area contributed by atoms with E-state index in [1.54, 1.807) is 0 Å². The summed E-state index contributed by atoms with van der Waals surface area (Å²) in [6.07, 6.45) is 6.98. The second-order valence-electron chi connectivity index (χ2n) is 9.65. The first-order valence-corrected chi connectivity index (χ1v) is 12.7. The summed E-state index contributed by atoms with van der Waals surface area (Å²) < 4.78 is 32.8. The summed E-state index contributed by atoms with van der Waals surface area (Å²) in [5, 5.41) is 10.6. The lowest BCUT2D eigenvalue weighted by molar-refractivity contribution is -0.148. The Bertz CT molecular complexity index is 743. The molecule has 0 radical (unpaired) electrons. The molecule has 2 rings (SSSR count). The average molecular weight is 482 g/mol. The molecule has 0 bridgehead atoms. The predicted octanol–water partition coefficient (Wildman–Crippen LogP) is 5.54. The van der Waals surface area contributed by atoms with Gasteiger partial charge in [0.25, 0.3) is 5.91 Å². The molecule has 1 fully saturated rings. The molecule has 1 N–H and O–H groups in total. The minimum Gasteiger partial charge on any atom is -0.469 e. The minimum atomic E-state index is -3.32. The Balaban J connectivity index is 1.70. The van der Waals surface area contributed by atoms with Gasteiger partial charge in [-0.2, -0.15) is 8.78 Å². The van der Waals surface area contributed by atoms with E-state index in [1.165, 1.54) is 17.6 Å². The van der Waals surface area contributed by atoms with Crippen molar-refractivity contribution in [3.63, 3.8) is 0 Å². The molecule has 1 amide bonds. The molecule has 7 heteroatoms. The maximum absolute atomic E-state index is 14.1. The predicted molar refractivity (Wildman–Crippen MR) is 129 cm³/mol. The van der Waals surface area contributed by atoms with Gasteiger partial charge < -0.3 is 14.7 Å². The summed E-state index contributed by atoms with van der Waals surface area (Å²) >= 11 is 0. The fourth-order valence-electron chi connectivity index (χ4n) is 4.70. The molecule has 1 aliphatic rings. The van der Waals surface area contributed by atoms with Crippen molar-refractivity contribution >= 4 is 11.9 Å². The van der Waals surface area contributed by atoms with E-state index >= 15 is 0 Å². The molecular formula is C27H41F2NO4. The first-order valence-electron chi connectivity index (χ1n) is 12.7. The zero-order valence-electron chi connectivity index (χ0n) is 20.7. The average Bonchev–Trinajstić information content (AvgIpc) is 3.05. The summed E-state index contributed by atoms with van der Waals surface area (Å²) in [5.74, 6) is -4.56. The molecule has 0 unspecified atom stereocenters. The van der Waals surface area contributed by atoms with Gasteiger partial charge in [-0.1, -0.05) is 56.5 Å². The van der Waals surface area contributed by atoms with E-state index < -0.39 is 30.4 Å². The zero-order valence-corrected chi connectivity index (χ0v) is 20.7. The quantitative estimate of drug-likeness (QED) is 0.249. The summed E-state index contributed by atoms with van der Waals surface area (Å²) in [5.41, 5.74) is 1.31. The van der Waals surface area contributed by atoms with Crippen molar-refractivity contribution in [3.8, 4) is 0 Å². The summed E-state index contributed by atoms with van der Waals surface area (Å²) in [6, 6.07) is 9.78. The molecule has 34 heavy (non-hydrogen) atoms. The fraction of sp³-hybridized carbons (Fsp3) is 0.704. The van der Waals surface area contributed by atoms with Crippen molar-refractivity contribution in [2.24, 2.45) is 5.92 Å². The first-order chi connectivity index (χ1) is 16.2. The van der Waals surface area contributed by atoms with Crippen molar-refractivity contribution in [1.29, 1.82) is 0 Å². The molecule has 192 valence electrons. The van der Waals surface area contributed by atoms with E-state index in [0.717, 1.165) is 38.5 Å². The Morgan fingerprint density at radius 3 is 2.53 bits per heavy atom. The highest BCUT2D eigenvalue weighted by Gasteiger charge is 2.52. The van der Waals surface area contributed by atoms with Crippen LogP contribution in [0.1, 0.15) is 83.1 Å². The number of aryl methyl sites for hydroxylation is 1. The van der Waals surface area contributed by atoms with Gasteiger partial charge in [-0.25, -0.2) is 0 Å². The molecular weight excluding hydrogens is 440 g/mol. The maximum atomic E-state index is 14.1.